The first kappa shape index (κ1) is 21.9. The summed E-state index contributed by atoms with van der Waals surface area (Å²) < 4.78 is 31.9. The van der Waals surface area contributed by atoms with Crippen LogP contribution in [0.1, 0.15) is 43.9 Å². The normalized spacial score (nSPS) is 12.8. The minimum atomic E-state index is -1.28. The van der Waals surface area contributed by atoms with Gasteiger partial charge in [-0.15, -0.1) is 0 Å². The molecule has 0 spiro atoms. The molecular formula is C16H23F2NO5. The lowest BCUT2D eigenvalue weighted by Crippen LogP contribution is -2.32. The Morgan fingerprint density at radius 1 is 1.21 bits per heavy atom. The lowest BCUT2D eigenvalue weighted by molar-refractivity contribution is -0.141. The van der Waals surface area contributed by atoms with Crippen molar-refractivity contribution in [2.45, 2.75) is 45.8 Å². The summed E-state index contributed by atoms with van der Waals surface area (Å²) in [6.45, 7) is 5.31. The third-order valence-electron chi connectivity index (χ3n) is 3.08. The third kappa shape index (κ3) is 7.01. The van der Waals surface area contributed by atoms with Gasteiger partial charge in [-0.25, -0.2) is 8.78 Å². The zero-order chi connectivity index (χ0) is 18.9. The van der Waals surface area contributed by atoms with Crippen molar-refractivity contribution in [2.75, 3.05) is 6.61 Å². The molecule has 0 saturated carbocycles. The summed E-state index contributed by atoms with van der Waals surface area (Å²) in [6, 6.07) is 0.595. The van der Waals surface area contributed by atoms with Crippen molar-refractivity contribution in [1.82, 2.24) is 0 Å². The van der Waals surface area contributed by atoms with Crippen molar-refractivity contribution in [3.8, 4) is 0 Å². The van der Waals surface area contributed by atoms with E-state index in [1.165, 1.54) is 6.92 Å². The Bertz CT molecular complexity index is 566. The first-order chi connectivity index (χ1) is 11.2. The van der Waals surface area contributed by atoms with Gasteiger partial charge in [0, 0.05) is 6.42 Å². The van der Waals surface area contributed by atoms with Crippen molar-refractivity contribution < 1.29 is 33.3 Å². The molecule has 0 aliphatic rings. The maximum atomic E-state index is 13.4. The highest BCUT2D eigenvalue weighted by molar-refractivity contribution is 5.73. The van der Waals surface area contributed by atoms with Crippen LogP contribution < -0.4 is 5.73 Å². The number of carboxylic acid groups (broad SMARTS) is 2. The second-order valence-corrected chi connectivity index (χ2v) is 4.81. The second kappa shape index (κ2) is 10.7. The van der Waals surface area contributed by atoms with Crippen molar-refractivity contribution in [3.63, 3.8) is 0 Å². The van der Waals surface area contributed by atoms with Gasteiger partial charge in [0.15, 0.2) is 11.6 Å². The maximum absolute atomic E-state index is 13.4. The van der Waals surface area contributed by atoms with E-state index in [1.54, 1.807) is 0 Å². The smallest absolute Gasteiger partial charge is 0.320 e. The van der Waals surface area contributed by atoms with Gasteiger partial charge in [0.25, 0.3) is 0 Å². The van der Waals surface area contributed by atoms with Crippen LogP contribution in [0.15, 0.2) is 12.1 Å². The van der Waals surface area contributed by atoms with Crippen LogP contribution in [0.5, 0.6) is 0 Å². The molecule has 1 rings (SSSR count). The number of ether oxygens (including phenoxy) is 1. The SMILES string of the molecule is CC.Cc1cc(F)c(F)cc1C(CC(N)C(=O)O)OCCC(=O)O. The molecule has 2 unspecified atom stereocenters. The number of carbonyl (C=O) groups is 2. The standard InChI is InChI=1S/C14H17F2NO5.C2H6/c1-7-4-9(15)10(16)5-8(7)12(6-11(17)14(20)21)22-3-2-13(18)19;1-2/h4-5,11-12H,2-3,6,17H2,1H3,(H,18,19)(H,20,21);1-2H3. The quantitative estimate of drug-likeness (QED) is 0.667. The molecule has 1 aromatic carbocycles. The zero-order valence-electron chi connectivity index (χ0n) is 13.9. The van der Waals surface area contributed by atoms with E-state index >= 15 is 0 Å². The number of carboxylic acids is 2. The summed E-state index contributed by atoms with van der Waals surface area (Å²) in [4.78, 5) is 21.4. The maximum Gasteiger partial charge on any atom is 0.320 e. The fourth-order valence-electron chi connectivity index (χ4n) is 1.91. The van der Waals surface area contributed by atoms with Crippen LogP contribution >= 0.6 is 0 Å². The van der Waals surface area contributed by atoms with Crippen LogP contribution in [0.3, 0.4) is 0 Å². The molecule has 0 aromatic heterocycles. The van der Waals surface area contributed by atoms with E-state index in [0.29, 0.717) is 5.56 Å². The van der Waals surface area contributed by atoms with E-state index in [4.69, 9.17) is 20.7 Å². The Hall–Kier alpha value is -2.06. The summed E-state index contributed by atoms with van der Waals surface area (Å²) in [5.74, 6) is -4.50. The highest BCUT2D eigenvalue weighted by Crippen LogP contribution is 2.27. The average Bonchev–Trinajstić information content (AvgIpc) is 2.51. The second-order valence-electron chi connectivity index (χ2n) is 4.81. The number of aryl methyl sites for hydroxylation is 1. The number of rotatable bonds is 8. The molecule has 2 atom stereocenters. The molecule has 4 N–H and O–H groups in total. The molecule has 0 amide bonds. The zero-order valence-corrected chi connectivity index (χ0v) is 13.9. The minimum Gasteiger partial charge on any atom is -0.481 e. The summed E-state index contributed by atoms with van der Waals surface area (Å²) in [5, 5.41) is 17.4. The molecule has 0 heterocycles. The van der Waals surface area contributed by atoms with E-state index in [9.17, 15) is 18.4 Å². The van der Waals surface area contributed by atoms with Crippen LogP contribution in [0.25, 0.3) is 0 Å². The Labute approximate surface area is 139 Å². The van der Waals surface area contributed by atoms with E-state index in [1.807, 2.05) is 13.8 Å². The summed E-state index contributed by atoms with van der Waals surface area (Å²) in [6.07, 6.45) is -1.44. The highest BCUT2D eigenvalue weighted by Gasteiger charge is 2.23. The van der Waals surface area contributed by atoms with Gasteiger partial charge < -0.3 is 20.7 Å². The lowest BCUT2D eigenvalue weighted by atomic mass is 9.97. The molecule has 0 aliphatic carbocycles. The van der Waals surface area contributed by atoms with Gasteiger partial charge in [-0.2, -0.15) is 0 Å². The molecule has 0 bridgehead atoms. The van der Waals surface area contributed by atoms with Gasteiger partial charge in [-0.3, -0.25) is 9.59 Å². The Morgan fingerprint density at radius 2 is 1.75 bits per heavy atom. The minimum absolute atomic E-state index is 0.194. The molecule has 0 radical (unpaired) electrons. The number of halogens is 2. The fourth-order valence-corrected chi connectivity index (χ4v) is 1.91. The lowest BCUT2D eigenvalue weighted by Gasteiger charge is -2.22. The molecule has 136 valence electrons. The number of nitrogens with two attached hydrogens (primary N) is 1. The largest absolute Gasteiger partial charge is 0.481 e. The molecule has 0 fully saturated rings. The fraction of sp³-hybridized carbons (Fsp3) is 0.500. The molecule has 8 heteroatoms. The van der Waals surface area contributed by atoms with Crippen LogP contribution in [-0.2, 0) is 14.3 Å². The van der Waals surface area contributed by atoms with Crippen LogP contribution in [0.4, 0.5) is 8.78 Å². The van der Waals surface area contributed by atoms with E-state index < -0.39 is 35.7 Å². The molecule has 0 aliphatic heterocycles. The van der Waals surface area contributed by atoms with Gasteiger partial charge in [0.05, 0.1) is 19.1 Å². The van der Waals surface area contributed by atoms with E-state index in [0.717, 1.165) is 12.1 Å². The molecule has 6 nitrogen and oxygen atoms in total. The van der Waals surface area contributed by atoms with Crippen molar-refractivity contribution >= 4 is 11.9 Å². The first-order valence-electron chi connectivity index (χ1n) is 7.49. The van der Waals surface area contributed by atoms with E-state index in [2.05, 4.69) is 0 Å². The predicted molar refractivity (Wildman–Crippen MR) is 83.6 cm³/mol. The number of aliphatic carboxylic acids is 2. The van der Waals surface area contributed by atoms with Crippen molar-refractivity contribution in [3.05, 3.63) is 34.9 Å². The molecule has 24 heavy (non-hydrogen) atoms. The number of hydrogen-bond acceptors (Lipinski definition) is 4. The van der Waals surface area contributed by atoms with Crippen LogP contribution in [0, 0.1) is 18.6 Å². The van der Waals surface area contributed by atoms with Gasteiger partial charge >= 0.3 is 11.9 Å². The van der Waals surface area contributed by atoms with Crippen molar-refractivity contribution in [2.24, 2.45) is 5.73 Å². The topological polar surface area (TPSA) is 110 Å². The van der Waals surface area contributed by atoms with E-state index in [-0.39, 0.29) is 25.0 Å². The highest BCUT2D eigenvalue weighted by atomic mass is 19.2. The van der Waals surface area contributed by atoms with Crippen LogP contribution in [-0.4, -0.2) is 34.8 Å². The summed E-state index contributed by atoms with van der Waals surface area (Å²) in [7, 11) is 0. The third-order valence-corrected chi connectivity index (χ3v) is 3.08. The molecular weight excluding hydrogens is 324 g/mol. The van der Waals surface area contributed by atoms with Crippen molar-refractivity contribution in [1.29, 1.82) is 0 Å². The van der Waals surface area contributed by atoms with Crippen LogP contribution in [0.2, 0.25) is 0 Å². The Balaban J connectivity index is 0.00000254. The predicted octanol–water partition coefficient (Wildman–Crippen LogP) is 2.63. The monoisotopic (exact) mass is 347 g/mol. The van der Waals surface area contributed by atoms with Gasteiger partial charge in [-0.05, 0) is 30.2 Å². The van der Waals surface area contributed by atoms with Gasteiger partial charge in [0.2, 0.25) is 0 Å². The average molecular weight is 347 g/mol. The number of hydrogen-bond donors (Lipinski definition) is 3. The summed E-state index contributed by atoms with van der Waals surface area (Å²) in [5.41, 5.74) is 6.04. The van der Waals surface area contributed by atoms with Gasteiger partial charge in [0.1, 0.15) is 6.04 Å². The van der Waals surface area contributed by atoms with Gasteiger partial charge in [-0.1, -0.05) is 13.8 Å². The molecule has 0 saturated heterocycles. The summed E-state index contributed by atoms with van der Waals surface area (Å²) >= 11 is 0. The molecule has 1 aromatic rings. The number of benzene rings is 1. The Morgan fingerprint density at radius 3 is 2.25 bits per heavy atom. The Kier molecular flexibility index (Phi) is 9.75. The first-order valence-corrected chi connectivity index (χ1v) is 7.49.